The van der Waals surface area contributed by atoms with Gasteiger partial charge in [0.05, 0.1) is 5.75 Å². The summed E-state index contributed by atoms with van der Waals surface area (Å²) in [5, 5.41) is 0. The van der Waals surface area contributed by atoms with Crippen LogP contribution in [0.4, 0.5) is 0 Å². The summed E-state index contributed by atoms with van der Waals surface area (Å²) in [5.41, 5.74) is 0. The average molecular weight is 191 g/mol. The van der Waals surface area contributed by atoms with Crippen molar-refractivity contribution in [3.05, 3.63) is 0 Å². The van der Waals surface area contributed by atoms with Gasteiger partial charge in [-0.15, -0.1) is 0 Å². The van der Waals surface area contributed by atoms with Crippen LogP contribution in [-0.2, 0) is 4.79 Å². The van der Waals surface area contributed by atoms with Crippen molar-refractivity contribution in [3.8, 4) is 0 Å². The minimum Gasteiger partial charge on any atom is -0.340 e. The highest BCUT2D eigenvalue weighted by atomic mass is 32.2. The first-order chi connectivity index (χ1) is 5.34. The summed E-state index contributed by atoms with van der Waals surface area (Å²) < 4.78 is 0. The second-order valence-electron chi connectivity index (χ2n) is 2.43. The quantitative estimate of drug-likeness (QED) is 0.647. The SMILES string of the molecule is CSCC(=O)N1CCSCC1. The molecule has 4 heteroatoms. The summed E-state index contributed by atoms with van der Waals surface area (Å²) in [6.07, 6.45) is 1.97. The van der Waals surface area contributed by atoms with Gasteiger partial charge in [-0.25, -0.2) is 0 Å². The van der Waals surface area contributed by atoms with E-state index >= 15 is 0 Å². The Morgan fingerprint density at radius 1 is 1.55 bits per heavy atom. The molecule has 1 fully saturated rings. The molecule has 0 saturated carbocycles. The van der Waals surface area contributed by atoms with Gasteiger partial charge in [0.1, 0.15) is 0 Å². The Labute approximate surface area is 76.1 Å². The van der Waals surface area contributed by atoms with Crippen molar-refractivity contribution in [2.45, 2.75) is 0 Å². The number of carbonyl (C=O) groups excluding carboxylic acids is 1. The van der Waals surface area contributed by atoms with Gasteiger partial charge in [0.25, 0.3) is 0 Å². The van der Waals surface area contributed by atoms with E-state index < -0.39 is 0 Å². The van der Waals surface area contributed by atoms with Gasteiger partial charge in [-0.1, -0.05) is 0 Å². The number of nitrogens with zero attached hydrogens (tertiary/aromatic N) is 1. The molecule has 0 unspecified atom stereocenters. The number of hydrogen-bond acceptors (Lipinski definition) is 3. The number of thioether (sulfide) groups is 2. The first kappa shape index (κ1) is 9.26. The standard InChI is InChI=1S/C7H13NOS2/c1-10-6-7(9)8-2-4-11-5-3-8/h2-6H2,1H3. The van der Waals surface area contributed by atoms with Gasteiger partial charge in [-0.05, 0) is 6.26 Å². The molecule has 1 aliphatic heterocycles. The highest BCUT2D eigenvalue weighted by molar-refractivity contribution is 7.99. The third kappa shape index (κ3) is 2.95. The van der Waals surface area contributed by atoms with E-state index in [-0.39, 0.29) is 0 Å². The van der Waals surface area contributed by atoms with E-state index in [0.717, 1.165) is 24.6 Å². The maximum atomic E-state index is 11.3. The third-order valence-corrected chi connectivity index (χ3v) is 3.11. The summed E-state index contributed by atoms with van der Waals surface area (Å²) in [5.74, 6) is 3.17. The Morgan fingerprint density at radius 3 is 2.73 bits per heavy atom. The molecule has 0 aromatic rings. The molecular weight excluding hydrogens is 178 g/mol. The van der Waals surface area contributed by atoms with Crippen LogP contribution in [-0.4, -0.2) is 47.4 Å². The van der Waals surface area contributed by atoms with E-state index in [0.29, 0.717) is 11.7 Å². The second-order valence-corrected chi connectivity index (χ2v) is 4.52. The molecule has 1 aliphatic rings. The molecule has 0 radical (unpaired) electrons. The molecule has 1 rings (SSSR count). The van der Waals surface area contributed by atoms with Crippen LogP contribution in [0.15, 0.2) is 0 Å². The Kier molecular flexibility index (Phi) is 4.15. The third-order valence-electron chi connectivity index (χ3n) is 1.63. The zero-order valence-electron chi connectivity index (χ0n) is 6.71. The van der Waals surface area contributed by atoms with Crippen molar-refractivity contribution in [3.63, 3.8) is 0 Å². The molecule has 64 valence electrons. The van der Waals surface area contributed by atoms with Crippen LogP contribution in [0.5, 0.6) is 0 Å². The van der Waals surface area contributed by atoms with E-state index in [1.165, 1.54) is 0 Å². The first-order valence-corrected chi connectivity index (χ1v) is 6.24. The molecule has 0 spiro atoms. The number of carbonyl (C=O) groups is 1. The lowest BCUT2D eigenvalue weighted by molar-refractivity contribution is -0.127. The fourth-order valence-electron chi connectivity index (χ4n) is 1.03. The Balaban J connectivity index is 2.27. The van der Waals surface area contributed by atoms with Gasteiger partial charge >= 0.3 is 0 Å². The molecule has 0 aliphatic carbocycles. The van der Waals surface area contributed by atoms with Gasteiger partial charge in [0, 0.05) is 24.6 Å². The second kappa shape index (κ2) is 4.93. The monoisotopic (exact) mass is 191 g/mol. The van der Waals surface area contributed by atoms with E-state index in [4.69, 9.17) is 0 Å². The summed E-state index contributed by atoms with van der Waals surface area (Å²) >= 11 is 3.54. The number of hydrogen-bond donors (Lipinski definition) is 0. The molecule has 2 nitrogen and oxygen atoms in total. The highest BCUT2D eigenvalue weighted by Gasteiger charge is 2.15. The van der Waals surface area contributed by atoms with Crippen molar-refractivity contribution < 1.29 is 4.79 Å². The average Bonchev–Trinajstić information content (AvgIpc) is 2.07. The molecule has 0 atom stereocenters. The maximum absolute atomic E-state index is 11.3. The van der Waals surface area contributed by atoms with E-state index in [1.807, 2.05) is 22.9 Å². The van der Waals surface area contributed by atoms with Crippen LogP contribution < -0.4 is 0 Å². The van der Waals surface area contributed by atoms with E-state index in [9.17, 15) is 4.79 Å². The zero-order valence-corrected chi connectivity index (χ0v) is 8.34. The lowest BCUT2D eigenvalue weighted by Crippen LogP contribution is -2.38. The summed E-state index contributed by atoms with van der Waals surface area (Å²) in [6.45, 7) is 1.90. The van der Waals surface area contributed by atoms with Gasteiger partial charge in [-0.2, -0.15) is 23.5 Å². The molecule has 0 bridgehead atoms. The fraction of sp³-hybridized carbons (Fsp3) is 0.857. The van der Waals surface area contributed by atoms with Crippen LogP contribution in [0.1, 0.15) is 0 Å². The van der Waals surface area contributed by atoms with Crippen molar-refractivity contribution >= 4 is 29.4 Å². The van der Waals surface area contributed by atoms with E-state index in [1.54, 1.807) is 11.8 Å². The fourth-order valence-corrected chi connectivity index (χ4v) is 2.36. The van der Waals surface area contributed by atoms with Crippen molar-refractivity contribution in [1.29, 1.82) is 0 Å². The van der Waals surface area contributed by atoms with Gasteiger partial charge in [0.2, 0.25) is 5.91 Å². The molecule has 0 aromatic heterocycles. The molecule has 1 saturated heterocycles. The largest absolute Gasteiger partial charge is 0.340 e. The molecule has 11 heavy (non-hydrogen) atoms. The van der Waals surface area contributed by atoms with Crippen LogP contribution in [0.3, 0.4) is 0 Å². The van der Waals surface area contributed by atoms with Crippen LogP contribution >= 0.6 is 23.5 Å². The van der Waals surface area contributed by atoms with Crippen molar-refractivity contribution in [2.24, 2.45) is 0 Å². The van der Waals surface area contributed by atoms with Crippen LogP contribution in [0.25, 0.3) is 0 Å². The number of amides is 1. The summed E-state index contributed by atoms with van der Waals surface area (Å²) in [7, 11) is 0. The predicted molar refractivity (Wildman–Crippen MR) is 52.3 cm³/mol. The Morgan fingerprint density at radius 2 is 2.18 bits per heavy atom. The Bertz CT molecular complexity index is 134. The van der Waals surface area contributed by atoms with Crippen molar-refractivity contribution in [1.82, 2.24) is 4.90 Å². The highest BCUT2D eigenvalue weighted by Crippen LogP contribution is 2.10. The minimum atomic E-state index is 0.304. The topological polar surface area (TPSA) is 20.3 Å². The zero-order chi connectivity index (χ0) is 8.10. The van der Waals surface area contributed by atoms with E-state index in [2.05, 4.69) is 0 Å². The first-order valence-electron chi connectivity index (χ1n) is 3.69. The molecule has 0 N–H and O–H groups in total. The van der Waals surface area contributed by atoms with Crippen LogP contribution in [0.2, 0.25) is 0 Å². The van der Waals surface area contributed by atoms with Crippen molar-refractivity contribution in [2.75, 3.05) is 36.6 Å². The molecule has 1 heterocycles. The smallest absolute Gasteiger partial charge is 0.232 e. The minimum absolute atomic E-state index is 0.304. The lowest BCUT2D eigenvalue weighted by atomic mass is 10.5. The van der Waals surface area contributed by atoms with Gasteiger partial charge < -0.3 is 4.90 Å². The normalized spacial score (nSPS) is 18.5. The summed E-state index contributed by atoms with van der Waals surface area (Å²) in [4.78, 5) is 13.3. The van der Waals surface area contributed by atoms with Gasteiger partial charge in [0.15, 0.2) is 0 Å². The Hall–Kier alpha value is 0.170. The molecule has 1 amide bonds. The number of rotatable bonds is 2. The predicted octanol–water partition coefficient (Wildman–Crippen LogP) is 0.925. The molecule has 0 aromatic carbocycles. The molecular formula is C7H13NOS2. The maximum Gasteiger partial charge on any atom is 0.232 e. The van der Waals surface area contributed by atoms with Gasteiger partial charge in [-0.3, -0.25) is 4.79 Å². The lowest BCUT2D eigenvalue weighted by Gasteiger charge is -2.25. The van der Waals surface area contributed by atoms with Crippen LogP contribution in [0, 0.1) is 0 Å². The summed E-state index contributed by atoms with van der Waals surface area (Å²) in [6, 6.07) is 0.